The number of benzene rings is 3. The number of fused-ring (bicyclic) bond motifs is 1. The molecule has 0 aliphatic heterocycles. The fraction of sp³-hybridized carbons (Fsp3) is 0.130. The highest BCUT2D eigenvalue weighted by Crippen LogP contribution is 2.26. The van der Waals surface area contributed by atoms with Crippen molar-refractivity contribution in [2.75, 3.05) is 7.11 Å². The van der Waals surface area contributed by atoms with Gasteiger partial charge in [-0.25, -0.2) is 9.78 Å². The van der Waals surface area contributed by atoms with Crippen molar-refractivity contribution in [3.63, 3.8) is 0 Å². The van der Waals surface area contributed by atoms with Crippen molar-refractivity contribution in [1.82, 2.24) is 9.55 Å². The lowest BCUT2D eigenvalue weighted by molar-refractivity contribution is 0.0600. The van der Waals surface area contributed by atoms with Crippen LogP contribution in [-0.2, 0) is 18.4 Å². The SMILES string of the molecule is COC(=O)c1cccc(OCc2nc3ccc(Oc4ccccc4)cc3n2C)c1.Cl. The fourth-order valence-electron chi connectivity index (χ4n) is 3.02. The van der Waals surface area contributed by atoms with E-state index in [1.54, 1.807) is 24.3 Å². The van der Waals surface area contributed by atoms with E-state index in [1.807, 2.05) is 60.1 Å². The number of esters is 1. The molecule has 0 unspecified atom stereocenters. The van der Waals surface area contributed by atoms with Gasteiger partial charge in [0.1, 0.15) is 29.7 Å². The monoisotopic (exact) mass is 424 g/mol. The van der Waals surface area contributed by atoms with E-state index in [-0.39, 0.29) is 19.0 Å². The number of carbonyl (C=O) groups excluding carboxylic acids is 1. The van der Waals surface area contributed by atoms with Gasteiger partial charge in [0.15, 0.2) is 0 Å². The maximum absolute atomic E-state index is 11.7. The second-order valence-corrected chi connectivity index (χ2v) is 6.46. The number of hydrogen-bond donors (Lipinski definition) is 0. The van der Waals surface area contributed by atoms with Crippen molar-refractivity contribution >= 4 is 29.4 Å². The van der Waals surface area contributed by atoms with Crippen LogP contribution in [0.1, 0.15) is 16.2 Å². The number of halogens is 1. The highest BCUT2D eigenvalue weighted by Gasteiger charge is 2.11. The maximum Gasteiger partial charge on any atom is 0.337 e. The Labute approximate surface area is 180 Å². The van der Waals surface area contributed by atoms with Crippen LogP contribution < -0.4 is 9.47 Å². The summed E-state index contributed by atoms with van der Waals surface area (Å²) in [6, 6.07) is 22.3. The maximum atomic E-state index is 11.7. The summed E-state index contributed by atoms with van der Waals surface area (Å²) < 4.78 is 18.5. The van der Waals surface area contributed by atoms with Crippen LogP contribution in [0.3, 0.4) is 0 Å². The number of imidazole rings is 1. The van der Waals surface area contributed by atoms with E-state index in [0.29, 0.717) is 11.3 Å². The molecule has 0 fully saturated rings. The molecule has 4 rings (SSSR count). The molecule has 0 aliphatic rings. The van der Waals surface area contributed by atoms with E-state index in [1.165, 1.54) is 7.11 Å². The van der Waals surface area contributed by atoms with Crippen LogP contribution in [0.2, 0.25) is 0 Å². The van der Waals surface area contributed by atoms with Crippen LogP contribution >= 0.6 is 12.4 Å². The summed E-state index contributed by atoms with van der Waals surface area (Å²) in [6.07, 6.45) is 0. The van der Waals surface area contributed by atoms with E-state index in [2.05, 4.69) is 4.98 Å². The van der Waals surface area contributed by atoms with E-state index in [0.717, 1.165) is 28.4 Å². The van der Waals surface area contributed by atoms with Crippen molar-refractivity contribution in [3.8, 4) is 17.2 Å². The summed E-state index contributed by atoms with van der Waals surface area (Å²) in [6.45, 7) is 0.269. The number of aryl methyl sites for hydroxylation is 1. The summed E-state index contributed by atoms with van der Waals surface area (Å²) in [5.41, 5.74) is 2.24. The quantitative estimate of drug-likeness (QED) is 0.400. The van der Waals surface area contributed by atoms with Crippen molar-refractivity contribution in [1.29, 1.82) is 0 Å². The average Bonchev–Trinajstić information content (AvgIpc) is 3.08. The molecule has 0 bridgehead atoms. The predicted molar refractivity (Wildman–Crippen MR) is 117 cm³/mol. The summed E-state index contributed by atoms with van der Waals surface area (Å²) >= 11 is 0. The molecule has 6 nitrogen and oxygen atoms in total. The largest absolute Gasteiger partial charge is 0.486 e. The molecule has 0 spiro atoms. The third kappa shape index (κ3) is 4.55. The van der Waals surface area contributed by atoms with Gasteiger partial charge in [0.2, 0.25) is 0 Å². The Balaban J connectivity index is 0.00000256. The second-order valence-electron chi connectivity index (χ2n) is 6.46. The Morgan fingerprint density at radius 2 is 1.70 bits per heavy atom. The zero-order chi connectivity index (χ0) is 20.2. The molecule has 4 aromatic rings. The van der Waals surface area contributed by atoms with Gasteiger partial charge >= 0.3 is 5.97 Å². The average molecular weight is 425 g/mol. The fourth-order valence-corrected chi connectivity index (χ4v) is 3.02. The van der Waals surface area contributed by atoms with Crippen molar-refractivity contribution < 1.29 is 19.0 Å². The van der Waals surface area contributed by atoms with Crippen molar-refractivity contribution in [2.45, 2.75) is 6.61 Å². The molecule has 154 valence electrons. The number of para-hydroxylation sites is 1. The summed E-state index contributed by atoms with van der Waals surface area (Å²) in [7, 11) is 3.29. The van der Waals surface area contributed by atoms with Crippen LogP contribution in [0.5, 0.6) is 17.2 Å². The zero-order valence-corrected chi connectivity index (χ0v) is 17.4. The molecule has 0 amide bonds. The highest BCUT2D eigenvalue weighted by molar-refractivity contribution is 5.89. The smallest absolute Gasteiger partial charge is 0.337 e. The van der Waals surface area contributed by atoms with Crippen LogP contribution in [0.4, 0.5) is 0 Å². The molecule has 0 saturated heterocycles. The molecule has 3 aromatic carbocycles. The van der Waals surface area contributed by atoms with Gasteiger partial charge in [0, 0.05) is 13.1 Å². The van der Waals surface area contributed by atoms with Crippen molar-refractivity contribution in [2.24, 2.45) is 7.05 Å². The third-order valence-corrected chi connectivity index (χ3v) is 4.55. The molecule has 1 heterocycles. The lowest BCUT2D eigenvalue weighted by Crippen LogP contribution is -2.05. The Hall–Kier alpha value is -3.51. The normalized spacial score (nSPS) is 10.3. The Kier molecular flexibility index (Phi) is 6.59. The predicted octanol–water partition coefficient (Wildman–Crippen LogP) is 5.15. The summed E-state index contributed by atoms with van der Waals surface area (Å²) in [4.78, 5) is 16.3. The minimum atomic E-state index is -0.399. The van der Waals surface area contributed by atoms with Crippen molar-refractivity contribution in [3.05, 3.63) is 84.2 Å². The van der Waals surface area contributed by atoms with Gasteiger partial charge in [-0.1, -0.05) is 24.3 Å². The number of ether oxygens (including phenoxy) is 3. The molecule has 1 aromatic heterocycles. The van der Waals surface area contributed by atoms with Gasteiger partial charge in [-0.3, -0.25) is 0 Å². The van der Waals surface area contributed by atoms with E-state index >= 15 is 0 Å². The number of rotatable bonds is 6. The van der Waals surface area contributed by atoms with Gasteiger partial charge in [-0.2, -0.15) is 0 Å². The van der Waals surface area contributed by atoms with Gasteiger partial charge in [-0.05, 0) is 42.5 Å². The number of methoxy groups -OCH3 is 1. The molecule has 0 aliphatic carbocycles. The molecule has 30 heavy (non-hydrogen) atoms. The standard InChI is InChI=1S/C23H20N2O4.ClH/c1-25-21-14-19(29-17-8-4-3-5-9-17)11-12-20(21)24-22(25)15-28-18-10-6-7-16(13-18)23(26)27-2;/h3-14H,15H2,1-2H3;1H. The number of aromatic nitrogens is 2. The zero-order valence-electron chi connectivity index (χ0n) is 16.6. The van der Waals surface area contributed by atoms with Gasteiger partial charge in [0.25, 0.3) is 0 Å². The minimum Gasteiger partial charge on any atom is -0.486 e. The lowest BCUT2D eigenvalue weighted by Gasteiger charge is -2.08. The Bertz CT molecular complexity index is 1160. The van der Waals surface area contributed by atoms with Crippen LogP contribution in [0, 0.1) is 0 Å². The minimum absolute atomic E-state index is 0. The molecule has 7 heteroatoms. The molecule has 0 N–H and O–H groups in total. The van der Waals surface area contributed by atoms with Gasteiger partial charge in [-0.15, -0.1) is 12.4 Å². The van der Waals surface area contributed by atoms with Gasteiger partial charge in [0.05, 0.1) is 23.7 Å². The Morgan fingerprint density at radius 3 is 2.47 bits per heavy atom. The van der Waals surface area contributed by atoms with Crippen LogP contribution in [-0.4, -0.2) is 22.6 Å². The first-order chi connectivity index (χ1) is 14.1. The number of hydrogen-bond acceptors (Lipinski definition) is 5. The van der Waals surface area contributed by atoms with E-state index in [9.17, 15) is 4.79 Å². The van der Waals surface area contributed by atoms with Crippen LogP contribution in [0.15, 0.2) is 72.8 Å². The topological polar surface area (TPSA) is 62.6 Å². The summed E-state index contributed by atoms with van der Waals surface area (Å²) in [5, 5.41) is 0. The van der Waals surface area contributed by atoms with Crippen LogP contribution in [0.25, 0.3) is 11.0 Å². The number of carbonyl (C=O) groups is 1. The molecular formula is C23H21ClN2O4. The molecular weight excluding hydrogens is 404 g/mol. The first-order valence-corrected chi connectivity index (χ1v) is 9.13. The lowest BCUT2D eigenvalue weighted by atomic mass is 10.2. The highest BCUT2D eigenvalue weighted by atomic mass is 35.5. The third-order valence-electron chi connectivity index (χ3n) is 4.55. The molecule has 0 saturated carbocycles. The van der Waals surface area contributed by atoms with E-state index < -0.39 is 5.97 Å². The number of nitrogens with zero attached hydrogens (tertiary/aromatic N) is 2. The first kappa shape index (κ1) is 21.2. The van der Waals surface area contributed by atoms with E-state index in [4.69, 9.17) is 14.2 Å². The Morgan fingerprint density at radius 1 is 0.933 bits per heavy atom. The first-order valence-electron chi connectivity index (χ1n) is 9.13. The molecule has 0 atom stereocenters. The molecule has 0 radical (unpaired) electrons. The summed E-state index contributed by atoms with van der Waals surface area (Å²) in [5.74, 6) is 2.46. The second kappa shape index (κ2) is 9.33. The van der Waals surface area contributed by atoms with Gasteiger partial charge < -0.3 is 18.8 Å².